The van der Waals surface area contributed by atoms with Gasteiger partial charge in [0.25, 0.3) is 5.91 Å². The summed E-state index contributed by atoms with van der Waals surface area (Å²) in [7, 11) is 0. The van der Waals surface area contributed by atoms with Gasteiger partial charge in [-0.1, -0.05) is 0 Å². The molecule has 0 spiro atoms. The van der Waals surface area contributed by atoms with Crippen molar-refractivity contribution in [1.82, 2.24) is 4.98 Å². The maximum Gasteiger partial charge on any atom is 0.267 e. The summed E-state index contributed by atoms with van der Waals surface area (Å²) in [6, 6.07) is 17.1. The Hall–Kier alpha value is -3.42. The topological polar surface area (TPSA) is 132 Å². The Labute approximate surface area is 155 Å². The van der Waals surface area contributed by atoms with E-state index >= 15 is 0 Å². The van der Waals surface area contributed by atoms with E-state index in [0.29, 0.717) is 34.0 Å². The van der Waals surface area contributed by atoms with Crippen LogP contribution >= 0.6 is 0 Å². The maximum atomic E-state index is 11.5. The summed E-state index contributed by atoms with van der Waals surface area (Å²) < 4.78 is 5.74. The Morgan fingerprint density at radius 1 is 1.04 bits per heavy atom. The van der Waals surface area contributed by atoms with Crippen molar-refractivity contribution >= 4 is 11.6 Å². The highest BCUT2D eigenvalue weighted by atomic mass is 16.5. The normalized spacial score (nSPS) is 11.8. The molecular formula is C20H19N3O4. The first-order valence-electron chi connectivity index (χ1n) is 8.21. The van der Waals surface area contributed by atoms with Crippen molar-refractivity contribution in [2.45, 2.75) is 6.10 Å². The van der Waals surface area contributed by atoms with Crippen LogP contribution in [0.4, 0.5) is 5.69 Å². The van der Waals surface area contributed by atoms with Gasteiger partial charge in [-0.15, -0.1) is 0 Å². The number of aromatic nitrogens is 1. The number of nitrogens with two attached hydrogens (primary N) is 2. The number of pyridine rings is 1. The summed E-state index contributed by atoms with van der Waals surface area (Å²) in [6.45, 7) is -0.476. The van der Waals surface area contributed by atoms with Crippen LogP contribution in [0.3, 0.4) is 0 Å². The number of primary amides is 1. The average Bonchev–Trinajstić information content (AvgIpc) is 2.69. The van der Waals surface area contributed by atoms with E-state index in [1.807, 2.05) is 0 Å². The number of aliphatic hydroxyl groups is 2. The van der Waals surface area contributed by atoms with Gasteiger partial charge in [0.05, 0.1) is 12.3 Å². The molecule has 7 heteroatoms. The van der Waals surface area contributed by atoms with Crippen LogP contribution in [0.25, 0.3) is 11.3 Å². The Morgan fingerprint density at radius 3 is 2.19 bits per heavy atom. The quantitative estimate of drug-likeness (QED) is 0.495. The van der Waals surface area contributed by atoms with Crippen LogP contribution in [0.5, 0.6) is 11.5 Å². The van der Waals surface area contributed by atoms with Gasteiger partial charge in [-0.25, -0.2) is 4.98 Å². The first kappa shape index (κ1) is 18.4. The summed E-state index contributed by atoms with van der Waals surface area (Å²) in [5, 5.41) is 19.0. The van der Waals surface area contributed by atoms with Gasteiger partial charge in [-0.05, 0) is 66.2 Å². The van der Waals surface area contributed by atoms with Crippen LogP contribution in [-0.2, 0) is 0 Å². The van der Waals surface area contributed by atoms with Gasteiger partial charge in [0.1, 0.15) is 23.3 Å². The number of hydrogen-bond donors (Lipinski definition) is 4. The van der Waals surface area contributed by atoms with Crippen molar-refractivity contribution in [1.29, 1.82) is 0 Å². The summed E-state index contributed by atoms with van der Waals surface area (Å²) in [5.41, 5.74) is 13.1. The standard InChI is InChI=1S/C20H19N3O4/c21-14-3-7-16(8-4-14)27-15-5-1-12(2-6-15)17-9-13(19(25)11-24)10-18(23-17)20(22)26/h1-10,19,24-25H,11,21H2,(H2,22,26)/t19-/m1/s1. The highest BCUT2D eigenvalue weighted by Crippen LogP contribution is 2.27. The molecule has 1 heterocycles. The molecule has 3 rings (SSSR count). The molecule has 0 fully saturated rings. The van der Waals surface area contributed by atoms with Gasteiger partial charge in [0.2, 0.25) is 0 Å². The molecule has 1 aromatic heterocycles. The van der Waals surface area contributed by atoms with Crippen LogP contribution in [0.15, 0.2) is 60.7 Å². The Balaban J connectivity index is 1.88. The molecule has 1 amide bonds. The average molecular weight is 365 g/mol. The maximum absolute atomic E-state index is 11.5. The highest BCUT2D eigenvalue weighted by molar-refractivity contribution is 5.91. The van der Waals surface area contributed by atoms with E-state index in [1.54, 1.807) is 54.6 Å². The number of nitrogens with zero attached hydrogens (tertiary/aromatic N) is 1. The summed E-state index contributed by atoms with van der Waals surface area (Å²) in [5.74, 6) is 0.552. The zero-order valence-corrected chi connectivity index (χ0v) is 14.4. The summed E-state index contributed by atoms with van der Waals surface area (Å²) >= 11 is 0. The monoisotopic (exact) mass is 365 g/mol. The van der Waals surface area contributed by atoms with Gasteiger partial charge in [-0.2, -0.15) is 0 Å². The highest BCUT2D eigenvalue weighted by Gasteiger charge is 2.14. The number of hydrogen-bond acceptors (Lipinski definition) is 6. The van der Waals surface area contributed by atoms with E-state index in [0.717, 1.165) is 0 Å². The van der Waals surface area contributed by atoms with E-state index in [-0.39, 0.29) is 5.69 Å². The fraction of sp³-hybridized carbons (Fsp3) is 0.100. The first-order valence-corrected chi connectivity index (χ1v) is 8.21. The van der Waals surface area contributed by atoms with Crippen LogP contribution in [0, 0.1) is 0 Å². The molecule has 2 aromatic carbocycles. The predicted octanol–water partition coefficient (Wildman–Crippen LogP) is 2.25. The van der Waals surface area contributed by atoms with Gasteiger partial charge < -0.3 is 26.4 Å². The van der Waals surface area contributed by atoms with Crippen molar-refractivity contribution < 1.29 is 19.7 Å². The number of nitrogen functional groups attached to an aromatic ring is 1. The van der Waals surface area contributed by atoms with Gasteiger partial charge in [0, 0.05) is 11.3 Å². The van der Waals surface area contributed by atoms with Crippen molar-refractivity contribution in [3.05, 3.63) is 71.9 Å². The smallest absolute Gasteiger partial charge is 0.267 e. The summed E-state index contributed by atoms with van der Waals surface area (Å²) in [6.07, 6.45) is -1.13. The van der Waals surface area contributed by atoms with Crippen molar-refractivity contribution in [2.75, 3.05) is 12.3 Å². The van der Waals surface area contributed by atoms with Crippen LogP contribution in [-0.4, -0.2) is 27.7 Å². The molecule has 27 heavy (non-hydrogen) atoms. The number of aliphatic hydroxyl groups excluding tert-OH is 2. The van der Waals surface area contributed by atoms with E-state index in [9.17, 15) is 9.90 Å². The first-order chi connectivity index (χ1) is 13.0. The molecular weight excluding hydrogens is 346 g/mol. The number of anilines is 1. The third kappa shape index (κ3) is 4.41. The van der Waals surface area contributed by atoms with E-state index in [2.05, 4.69) is 4.98 Å². The lowest BCUT2D eigenvalue weighted by atomic mass is 10.0. The van der Waals surface area contributed by atoms with Crippen LogP contribution in [0.2, 0.25) is 0 Å². The van der Waals surface area contributed by atoms with Crippen molar-refractivity contribution in [3.63, 3.8) is 0 Å². The SMILES string of the molecule is NC(=O)c1cc([C@H](O)CO)cc(-c2ccc(Oc3ccc(N)cc3)cc2)n1. The molecule has 0 saturated carbocycles. The number of ether oxygens (including phenoxy) is 1. The second-order valence-corrected chi connectivity index (χ2v) is 5.93. The minimum atomic E-state index is -1.13. The van der Waals surface area contributed by atoms with Gasteiger partial charge in [0.15, 0.2) is 0 Å². The van der Waals surface area contributed by atoms with E-state index < -0.39 is 18.6 Å². The number of carbonyl (C=O) groups is 1. The van der Waals surface area contributed by atoms with E-state index in [4.69, 9.17) is 21.3 Å². The molecule has 0 unspecified atom stereocenters. The van der Waals surface area contributed by atoms with Gasteiger partial charge in [-0.3, -0.25) is 4.79 Å². The largest absolute Gasteiger partial charge is 0.457 e. The van der Waals surface area contributed by atoms with Crippen molar-refractivity contribution in [3.8, 4) is 22.8 Å². The molecule has 1 atom stereocenters. The molecule has 7 nitrogen and oxygen atoms in total. The molecule has 3 aromatic rings. The minimum Gasteiger partial charge on any atom is -0.457 e. The minimum absolute atomic E-state index is 0.0113. The van der Waals surface area contributed by atoms with E-state index in [1.165, 1.54) is 6.07 Å². The molecule has 6 N–H and O–H groups in total. The summed E-state index contributed by atoms with van der Waals surface area (Å²) in [4.78, 5) is 15.7. The Kier molecular flexibility index (Phi) is 5.35. The lowest BCUT2D eigenvalue weighted by Gasteiger charge is -2.12. The van der Waals surface area contributed by atoms with Crippen LogP contribution in [0.1, 0.15) is 22.2 Å². The van der Waals surface area contributed by atoms with Crippen LogP contribution < -0.4 is 16.2 Å². The van der Waals surface area contributed by atoms with Gasteiger partial charge >= 0.3 is 0 Å². The number of amides is 1. The lowest BCUT2D eigenvalue weighted by molar-refractivity contribution is 0.0948. The molecule has 138 valence electrons. The Bertz CT molecular complexity index is 940. The fourth-order valence-electron chi connectivity index (χ4n) is 2.49. The second-order valence-electron chi connectivity index (χ2n) is 5.93. The predicted molar refractivity (Wildman–Crippen MR) is 101 cm³/mol. The number of carbonyl (C=O) groups excluding carboxylic acids is 1. The number of rotatable bonds is 6. The Morgan fingerprint density at radius 2 is 1.63 bits per heavy atom. The number of benzene rings is 2. The third-order valence-corrected chi connectivity index (χ3v) is 3.92. The molecule has 0 aliphatic heterocycles. The molecule has 0 saturated heterocycles. The zero-order valence-electron chi connectivity index (χ0n) is 14.4. The van der Waals surface area contributed by atoms with Crippen molar-refractivity contribution in [2.24, 2.45) is 5.73 Å². The fourth-order valence-corrected chi connectivity index (χ4v) is 2.49. The zero-order chi connectivity index (χ0) is 19.4. The molecule has 0 radical (unpaired) electrons. The molecule has 0 aliphatic rings. The lowest BCUT2D eigenvalue weighted by Crippen LogP contribution is -2.15. The molecule has 0 bridgehead atoms. The second kappa shape index (κ2) is 7.86. The third-order valence-electron chi connectivity index (χ3n) is 3.92. The molecule has 0 aliphatic carbocycles.